The van der Waals surface area contributed by atoms with Gasteiger partial charge in [-0.25, -0.2) is 9.37 Å². The van der Waals surface area contributed by atoms with Gasteiger partial charge in [0.15, 0.2) is 0 Å². The van der Waals surface area contributed by atoms with Gasteiger partial charge in [-0.3, -0.25) is 0 Å². The van der Waals surface area contributed by atoms with Gasteiger partial charge in [0.1, 0.15) is 5.82 Å². The third-order valence-corrected chi connectivity index (χ3v) is 2.42. The maximum absolute atomic E-state index is 13.5. The molecule has 0 aliphatic rings. The second kappa shape index (κ2) is 4.35. The number of hydrogen-bond donors (Lipinski definition) is 1. The van der Waals surface area contributed by atoms with E-state index in [4.69, 9.17) is 0 Å². The van der Waals surface area contributed by atoms with E-state index in [0.717, 1.165) is 12.1 Å². The summed E-state index contributed by atoms with van der Waals surface area (Å²) in [4.78, 5) is 4.14. The number of anilines is 2. The largest absolute Gasteiger partial charge is 0.323 e. The molecule has 1 aromatic heterocycles. The molecule has 0 amide bonds. The lowest BCUT2D eigenvalue weighted by molar-refractivity contribution is 0.630. The van der Waals surface area contributed by atoms with Crippen molar-refractivity contribution < 1.29 is 4.39 Å². The van der Waals surface area contributed by atoms with E-state index in [1.807, 2.05) is 24.6 Å². The van der Waals surface area contributed by atoms with Gasteiger partial charge >= 0.3 is 0 Å². The number of aromatic nitrogens is 2. The third-order valence-electron chi connectivity index (χ3n) is 2.42. The van der Waals surface area contributed by atoms with Gasteiger partial charge < -0.3 is 9.88 Å². The monoisotopic (exact) mass is 219 g/mol. The van der Waals surface area contributed by atoms with Gasteiger partial charge in [-0.05, 0) is 31.5 Å². The number of nitrogens with zero attached hydrogens (tertiary/aromatic N) is 2. The minimum absolute atomic E-state index is 0.267. The summed E-state index contributed by atoms with van der Waals surface area (Å²) in [6.07, 6.45) is 3.55. The predicted molar refractivity (Wildman–Crippen MR) is 62.3 cm³/mol. The smallest absolute Gasteiger partial charge is 0.207 e. The molecule has 1 heterocycles. The number of benzene rings is 1. The van der Waals surface area contributed by atoms with Crippen LogP contribution in [0.2, 0.25) is 0 Å². The van der Waals surface area contributed by atoms with Gasteiger partial charge in [-0.2, -0.15) is 0 Å². The van der Waals surface area contributed by atoms with E-state index in [-0.39, 0.29) is 5.82 Å². The second-order valence-electron chi connectivity index (χ2n) is 3.65. The first-order valence-electron chi connectivity index (χ1n) is 5.25. The first kappa shape index (κ1) is 10.7. The molecule has 0 saturated heterocycles. The molecule has 0 bridgehead atoms. The fraction of sp³-hybridized carbons (Fsp3) is 0.250. The maximum Gasteiger partial charge on any atom is 0.207 e. The summed E-state index contributed by atoms with van der Waals surface area (Å²) in [5.41, 5.74) is 1.47. The van der Waals surface area contributed by atoms with Crippen LogP contribution < -0.4 is 5.32 Å². The Kier molecular flexibility index (Phi) is 2.90. The van der Waals surface area contributed by atoms with Crippen molar-refractivity contribution in [3.05, 3.63) is 42.0 Å². The summed E-state index contributed by atoms with van der Waals surface area (Å²) in [6.45, 7) is 4.74. The highest BCUT2D eigenvalue weighted by Crippen LogP contribution is 2.19. The number of imidazole rings is 1. The fourth-order valence-electron chi connectivity index (χ4n) is 1.54. The molecule has 4 heteroatoms. The molecule has 1 aromatic carbocycles. The standard InChI is InChI=1S/C12H14FN3/c1-3-16-7-6-14-12(16)15-11-8-9(2)4-5-10(11)13/h4-8H,3H2,1-2H3,(H,14,15). The van der Waals surface area contributed by atoms with E-state index in [0.29, 0.717) is 11.6 Å². The summed E-state index contributed by atoms with van der Waals surface area (Å²) in [7, 11) is 0. The lowest BCUT2D eigenvalue weighted by Gasteiger charge is -2.09. The van der Waals surface area contributed by atoms with E-state index >= 15 is 0 Å². The summed E-state index contributed by atoms with van der Waals surface area (Å²) in [6, 6.07) is 4.97. The lowest BCUT2D eigenvalue weighted by atomic mass is 10.2. The summed E-state index contributed by atoms with van der Waals surface area (Å²) >= 11 is 0. The van der Waals surface area contributed by atoms with E-state index in [1.54, 1.807) is 18.3 Å². The molecule has 0 atom stereocenters. The van der Waals surface area contributed by atoms with Gasteiger partial charge in [0.2, 0.25) is 5.95 Å². The molecule has 3 nitrogen and oxygen atoms in total. The molecule has 0 unspecified atom stereocenters. The van der Waals surface area contributed by atoms with Crippen molar-refractivity contribution in [2.45, 2.75) is 20.4 Å². The van der Waals surface area contributed by atoms with Gasteiger partial charge in [0.25, 0.3) is 0 Å². The first-order valence-corrected chi connectivity index (χ1v) is 5.25. The number of aryl methyl sites for hydroxylation is 2. The van der Waals surface area contributed by atoms with E-state index in [9.17, 15) is 4.39 Å². The van der Waals surface area contributed by atoms with Crippen molar-refractivity contribution >= 4 is 11.6 Å². The van der Waals surface area contributed by atoms with E-state index in [1.165, 1.54) is 6.07 Å². The molecule has 0 spiro atoms. The topological polar surface area (TPSA) is 29.9 Å². The molecule has 2 aromatic rings. The van der Waals surface area contributed by atoms with Gasteiger partial charge in [-0.15, -0.1) is 0 Å². The zero-order chi connectivity index (χ0) is 11.5. The normalized spacial score (nSPS) is 10.4. The van der Waals surface area contributed by atoms with Crippen LogP contribution in [0.15, 0.2) is 30.6 Å². The zero-order valence-electron chi connectivity index (χ0n) is 9.37. The number of hydrogen-bond acceptors (Lipinski definition) is 2. The van der Waals surface area contributed by atoms with Crippen molar-refractivity contribution in [2.75, 3.05) is 5.32 Å². The highest BCUT2D eigenvalue weighted by atomic mass is 19.1. The molecule has 84 valence electrons. The van der Waals surface area contributed by atoms with Crippen LogP contribution in [-0.4, -0.2) is 9.55 Å². The summed E-state index contributed by atoms with van der Waals surface area (Å²) < 4.78 is 15.4. The van der Waals surface area contributed by atoms with Gasteiger partial charge in [0.05, 0.1) is 5.69 Å². The number of halogens is 1. The Morgan fingerprint density at radius 2 is 2.25 bits per heavy atom. The molecule has 16 heavy (non-hydrogen) atoms. The predicted octanol–water partition coefficient (Wildman–Crippen LogP) is 3.09. The number of nitrogens with one attached hydrogen (secondary N) is 1. The van der Waals surface area contributed by atoms with Crippen LogP contribution in [-0.2, 0) is 6.54 Å². The first-order chi connectivity index (χ1) is 7.70. The molecular weight excluding hydrogens is 205 g/mol. The number of rotatable bonds is 3. The van der Waals surface area contributed by atoms with Gasteiger partial charge in [0, 0.05) is 18.9 Å². The average Bonchev–Trinajstić information content (AvgIpc) is 2.71. The van der Waals surface area contributed by atoms with Crippen LogP contribution >= 0.6 is 0 Å². The summed E-state index contributed by atoms with van der Waals surface area (Å²) in [5, 5.41) is 2.99. The van der Waals surface area contributed by atoms with Crippen LogP contribution in [0.4, 0.5) is 16.0 Å². The van der Waals surface area contributed by atoms with Crippen LogP contribution in [0.5, 0.6) is 0 Å². The highest BCUT2D eigenvalue weighted by Gasteiger charge is 2.05. The van der Waals surface area contributed by atoms with Crippen molar-refractivity contribution in [3.8, 4) is 0 Å². The minimum atomic E-state index is -0.267. The van der Waals surface area contributed by atoms with Crippen LogP contribution in [0.1, 0.15) is 12.5 Å². The van der Waals surface area contributed by atoms with E-state index < -0.39 is 0 Å². The molecule has 1 N–H and O–H groups in total. The molecule has 2 rings (SSSR count). The Balaban J connectivity index is 2.30. The van der Waals surface area contributed by atoms with Crippen molar-refractivity contribution in [1.29, 1.82) is 0 Å². The maximum atomic E-state index is 13.5. The quantitative estimate of drug-likeness (QED) is 0.859. The average molecular weight is 219 g/mol. The third kappa shape index (κ3) is 2.05. The van der Waals surface area contributed by atoms with E-state index in [2.05, 4.69) is 10.3 Å². The second-order valence-corrected chi connectivity index (χ2v) is 3.65. The van der Waals surface area contributed by atoms with Gasteiger partial charge in [-0.1, -0.05) is 6.07 Å². The molecule has 0 radical (unpaired) electrons. The Labute approximate surface area is 93.9 Å². The van der Waals surface area contributed by atoms with Crippen LogP contribution in [0, 0.1) is 12.7 Å². The Morgan fingerprint density at radius 1 is 1.44 bits per heavy atom. The lowest BCUT2D eigenvalue weighted by Crippen LogP contribution is -2.02. The molecule has 0 aliphatic heterocycles. The Bertz CT molecular complexity index is 491. The fourth-order valence-corrected chi connectivity index (χ4v) is 1.54. The molecular formula is C12H14FN3. The summed E-state index contributed by atoms with van der Waals surface area (Å²) in [5.74, 6) is 0.392. The van der Waals surface area contributed by atoms with Crippen LogP contribution in [0.3, 0.4) is 0 Å². The Morgan fingerprint density at radius 3 is 3.00 bits per heavy atom. The van der Waals surface area contributed by atoms with Crippen molar-refractivity contribution in [2.24, 2.45) is 0 Å². The Hall–Kier alpha value is -1.84. The van der Waals surface area contributed by atoms with Crippen molar-refractivity contribution in [3.63, 3.8) is 0 Å². The minimum Gasteiger partial charge on any atom is -0.323 e. The zero-order valence-corrected chi connectivity index (χ0v) is 9.37. The molecule has 0 saturated carbocycles. The SMILES string of the molecule is CCn1ccnc1Nc1cc(C)ccc1F. The van der Waals surface area contributed by atoms with Crippen molar-refractivity contribution in [1.82, 2.24) is 9.55 Å². The molecule has 0 fully saturated rings. The van der Waals surface area contributed by atoms with Crippen LogP contribution in [0.25, 0.3) is 0 Å². The molecule has 0 aliphatic carbocycles. The highest BCUT2D eigenvalue weighted by molar-refractivity contribution is 5.55.